The van der Waals surface area contributed by atoms with Gasteiger partial charge in [-0.1, -0.05) is 61.2 Å². The quantitative estimate of drug-likeness (QED) is 0.716. The Morgan fingerprint density at radius 2 is 1.69 bits per heavy atom. The van der Waals surface area contributed by atoms with E-state index >= 15 is 0 Å². The maximum absolute atomic E-state index is 12.6. The highest BCUT2D eigenvalue weighted by atomic mass is 16.6. The topological polar surface area (TPSA) is 91.7 Å². The molecular weight excluding hydrogens is 406 g/mol. The lowest BCUT2D eigenvalue weighted by molar-refractivity contribution is 0.0888. The van der Waals surface area contributed by atoms with Crippen molar-refractivity contribution in [3.8, 4) is 17.2 Å². The highest BCUT2D eigenvalue weighted by Crippen LogP contribution is 2.44. The minimum Gasteiger partial charge on any atom is -0.449 e. The van der Waals surface area contributed by atoms with E-state index in [4.69, 9.17) is 9.47 Å². The molecule has 0 unspecified atom stereocenters. The first-order valence-electron chi connectivity index (χ1n) is 10.6. The fourth-order valence-corrected chi connectivity index (χ4v) is 4.39. The number of amides is 2. The van der Waals surface area contributed by atoms with Crippen molar-refractivity contribution in [2.45, 2.75) is 24.3 Å². The maximum atomic E-state index is 12.6. The van der Waals surface area contributed by atoms with Gasteiger partial charge in [-0.2, -0.15) is 5.26 Å². The van der Waals surface area contributed by atoms with E-state index in [0.717, 1.165) is 22.3 Å². The first kappa shape index (κ1) is 21.4. The number of nitrogens with zero attached hydrogens (tertiary/aromatic N) is 2. The molecule has 0 atom stereocenters. The summed E-state index contributed by atoms with van der Waals surface area (Å²) in [6.45, 7) is 4.46. The number of rotatable bonds is 5. The molecule has 2 amide bonds. The van der Waals surface area contributed by atoms with Crippen LogP contribution in [0, 0.1) is 11.3 Å². The van der Waals surface area contributed by atoms with Crippen LogP contribution in [0.1, 0.15) is 29.9 Å². The number of carbonyl (C=O) groups is 2. The summed E-state index contributed by atoms with van der Waals surface area (Å²) in [7, 11) is 0. The Labute approximate surface area is 187 Å². The largest absolute Gasteiger partial charge is 0.449 e. The SMILES string of the molecule is C=CCOC(=O)N1CCC(C#N)(NC(=O)OCC2c3ccccc3-c3ccccc32)CC1. The van der Waals surface area contributed by atoms with Gasteiger partial charge in [0.2, 0.25) is 0 Å². The number of ether oxygens (including phenoxy) is 2. The monoisotopic (exact) mass is 431 g/mol. The van der Waals surface area contributed by atoms with E-state index in [1.807, 2.05) is 24.3 Å². The van der Waals surface area contributed by atoms with Gasteiger partial charge >= 0.3 is 12.2 Å². The molecule has 0 bridgehead atoms. The van der Waals surface area contributed by atoms with Crippen molar-refractivity contribution in [1.82, 2.24) is 10.2 Å². The van der Waals surface area contributed by atoms with Crippen molar-refractivity contribution in [3.05, 3.63) is 72.3 Å². The second-order valence-corrected chi connectivity index (χ2v) is 8.00. The fourth-order valence-electron chi connectivity index (χ4n) is 4.39. The lowest BCUT2D eigenvalue weighted by Gasteiger charge is -2.36. The van der Waals surface area contributed by atoms with Gasteiger partial charge in [-0.25, -0.2) is 9.59 Å². The lowest BCUT2D eigenvalue weighted by atomic mass is 9.89. The van der Waals surface area contributed by atoms with Crippen LogP contribution in [0.3, 0.4) is 0 Å². The summed E-state index contributed by atoms with van der Waals surface area (Å²) in [5.41, 5.74) is 3.49. The Hall–Kier alpha value is -3.79. The Kier molecular flexibility index (Phi) is 6.13. The number of likely N-dealkylation sites (tertiary alicyclic amines) is 1. The summed E-state index contributed by atoms with van der Waals surface area (Å²) in [5, 5.41) is 12.5. The highest BCUT2D eigenvalue weighted by Gasteiger charge is 2.39. The minimum absolute atomic E-state index is 0.0485. The smallest absolute Gasteiger partial charge is 0.410 e. The summed E-state index contributed by atoms with van der Waals surface area (Å²) in [6, 6.07) is 18.4. The van der Waals surface area contributed by atoms with E-state index < -0.39 is 17.7 Å². The summed E-state index contributed by atoms with van der Waals surface area (Å²) in [4.78, 5) is 26.1. The van der Waals surface area contributed by atoms with Gasteiger partial charge in [0, 0.05) is 31.8 Å². The van der Waals surface area contributed by atoms with E-state index in [1.54, 1.807) is 0 Å². The van der Waals surface area contributed by atoms with Crippen molar-refractivity contribution >= 4 is 12.2 Å². The molecule has 2 aromatic carbocycles. The Morgan fingerprint density at radius 3 is 2.25 bits per heavy atom. The van der Waals surface area contributed by atoms with E-state index in [9.17, 15) is 14.9 Å². The number of nitriles is 1. The maximum Gasteiger partial charge on any atom is 0.410 e. The molecule has 1 aliphatic carbocycles. The van der Waals surface area contributed by atoms with E-state index in [2.05, 4.69) is 42.2 Å². The van der Waals surface area contributed by atoms with Gasteiger partial charge in [-0.05, 0) is 22.3 Å². The predicted molar refractivity (Wildman–Crippen MR) is 119 cm³/mol. The second kappa shape index (κ2) is 9.15. The van der Waals surface area contributed by atoms with Crippen molar-refractivity contribution in [3.63, 3.8) is 0 Å². The van der Waals surface area contributed by atoms with Gasteiger partial charge in [0.05, 0.1) is 6.07 Å². The molecule has 1 fully saturated rings. The molecule has 0 radical (unpaired) electrons. The standard InChI is InChI=1S/C25H25N3O4/c1-2-15-31-24(30)28-13-11-25(17-26,12-14-28)27-23(29)32-16-22-20-9-5-3-7-18(20)19-8-4-6-10-21(19)22/h2-10,22H,1,11-16H2,(H,27,29). The summed E-state index contributed by atoms with van der Waals surface area (Å²) < 4.78 is 10.6. The number of benzene rings is 2. The summed E-state index contributed by atoms with van der Waals surface area (Å²) >= 11 is 0. The first-order chi connectivity index (χ1) is 15.6. The van der Waals surface area contributed by atoms with E-state index in [-0.39, 0.29) is 19.1 Å². The third kappa shape index (κ3) is 4.17. The van der Waals surface area contributed by atoms with Crippen molar-refractivity contribution in [2.75, 3.05) is 26.3 Å². The van der Waals surface area contributed by atoms with Crippen molar-refractivity contribution in [1.29, 1.82) is 5.26 Å². The minimum atomic E-state index is -1.07. The Balaban J connectivity index is 1.37. The molecule has 2 aromatic rings. The highest BCUT2D eigenvalue weighted by molar-refractivity contribution is 5.79. The molecule has 4 rings (SSSR count). The number of piperidine rings is 1. The number of fused-ring (bicyclic) bond motifs is 3. The van der Waals surface area contributed by atoms with Crippen LogP contribution in [0.15, 0.2) is 61.2 Å². The lowest BCUT2D eigenvalue weighted by Crippen LogP contribution is -2.55. The number of alkyl carbamates (subject to hydrolysis) is 1. The van der Waals surface area contributed by atoms with Gasteiger partial charge in [0.1, 0.15) is 18.8 Å². The van der Waals surface area contributed by atoms with E-state index in [1.165, 1.54) is 11.0 Å². The number of hydrogen-bond acceptors (Lipinski definition) is 5. The zero-order chi connectivity index (χ0) is 22.6. The molecule has 7 heteroatoms. The van der Waals surface area contributed by atoms with Gasteiger partial charge < -0.3 is 19.7 Å². The number of nitrogens with one attached hydrogen (secondary N) is 1. The zero-order valence-electron chi connectivity index (χ0n) is 17.8. The average Bonchev–Trinajstić information content (AvgIpc) is 3.15. The van der Waals surface area contributed by atoms with Crippen molar-refractivity contribution < 1.29 is 19.1 Å². The molecule has 0 spiro atoms. The van der Waals surface area contributed by atoms with Crippen LogP contribution in [0.4, 0.5) is 9.59 Å². The number of carbonyl (C=O) groups excluding carboxylic acids is 2. The third-order valence-corrected chi connectivity index (χ3v) is 6.10. The van der Waals surface area contributed by atoms with E-state index in [0.29, 0.717) is 25.9 Å². The average molecular weight is 431 g/mol. The molecular formula is C25H25N3O4. The third-order valence-electron chi connectivity index (χ3n) is 6.10. The van der Waals surface area contributed by atoms with Crippen LogP contribution < -0.4 is 5.32 Å². The van der Waals surface area contributed by atoms with Gasteiger partial charge in [0.15, 0.2) is 0 Å². The molecule has 7 nitrogen and oxygen atoms in total. The van der Waals surface area contributed by atoms with Crippen LogP contribution in [0.2, 0.25) is 0 Å². The number of hydrogen-bond donors (Lipinski definition) is 1. The normalized spacial score (nSPS) is 16.3. The molecule has 0 aromatic heterocycles. The van der Waals surface area contributed by atoms with Crippen molar-refractivity contribution in [2.24, 2.45) is 0 Å². The summed E-state index contributed by atoms with van der Waals surface area (Å²) in [5.74, 6) is -0.0485. The van der Waals surface area contributed by atoms with Crippen LogP contribution >= 0.6 is 0 Å². The van der Waals surface area contributed by atoms with Crippen LogP contribution in [0.25, 0.3) is 11.1 Å². The van der Waals surface area contributed by atoms with Gasteiger partial charge in [0.25, 0.3) is 0 Å². The van der Waals surface area contributed by atoms with Gasteiger partial charge in [-0.15, -0.1) is 0 Å². The second-order valence-electron chi connectivity index (χ2n) is 8.00. The Bertz CT molecular complexity index is 1020. The molecule has 0 saturated carbocycles. The molecule has 32 heavy (non-hydrogen) atoms. The molecule has 164 valence electrons. The fraction of sp³-hybridized carbons (Fsp3) is 0.320. The first-order valence-corrected chi connectivity index (χ1v) is 10.6. The van der Waals surface area contributed by atoms with Crippen LogP contribution in [-0.4, -0.2) is 48.9 Å². The van der Waals surface area contributed by atoms with Crippen LogP contribution in [-0.2, 0) is 9.47 Å². The molecule has 1 saturated heterocycles. The Morgan fingerprint density at radius 1 is 1.09 bits per heavy atom. The molecule has 1 N–H and O–H groups in total. The summed E-state index contributed by atoms with van der Waals surface area (Å²) in [6.07, 6.45) is 1.03. The molecule has 2 aliphatic rings. The zero-order valence-corrected chi connectivity index (χ0v) is 17.8. The molecule has 1 heterocycles. The molecule has 1 aliphatic heterocycles. The van der Waals surface area contributed by atoms with Crippen LogP contribution in [0.5, 0.6) is 0 Å². The van der Waals surface area contributed by atoms with Gasteiger partial charge in [-0.3, -0.25) is 0 Å². The predicted octanol–water partition coefficient (Wildman–Crippen LogP) is 4.21.